The molecule has 3 nitrogen and oxygen atoms in total. The van der Waals surface area contributed by atoms with Crippen LogP contribution in [0.1, 0.15) is 18.5 Å². The van der Waals surface area contributed by atoms with Gasteiger partial charge >= 0.3 is 5.96 Å². The summed E-state index contributed by atoms with van der Waals surface area (Å²) in [4.78, 5) is 4.67. The Labute approximate surface area is 127 Å². The lowest BCUT2D eigenvalue weighted by Gasteiger charge is -2.24. The van der Waals surface area contributed by atoms with E-state index in [-0.39, 0.29) is 24.0 Å². The molecular weight excluding hydrogens is 337 g/mol. The van der Waals surface area contributed by atoms with Crippen LogP contribution >= 0.6 is 0 Å². The number of rotatable bonds is 2. The third-order valence-electron chi connectivity index (χ3n) is 3.63. The first-order chi connectivity index (χ1) is 8.11. The minimum atomic E-state index is 0. The van der Waals surface area contributed by atoms with Crippen LogP contribution < -0.4 is 24.0 Å². The molecule has 1 heterocycles. The first-order valence-corrected chi connectivity index (χ1v) is 6.18. The van der Waals surface area contributed by atoms with Gasteiger partial charge in [0.15, 0.2) is 0 Å². The van der Waals surface area contributed by atoms with Gasteiger partial charge in [0.25, 0.3) is 0 Å². The molecule has 0 unspecified atom stereocenters. The molecule has 4 heteroatoms. The zero-order valence-corrected chi connectivity index (χ0v) is 13.8. The molecule has 1 atom stereocenters. The van der Waals surface area contributed by atoms with E-state index >= 15 is 0 Å². The van der Waals surface area contributed by atoms with E-state index in [1.165, 1.54) is 11.5 Å². The number of hydrogen-bond acceptors (Lipinski definition) is 2. The molecule has 0 N–H and O–H groups in total. The smallest absolute Gasteiger partial charge is 0.350 e. The topological polar surface area (TPSA) is 9.49 Å². The van der Waals surface area contributed by atoms with Crippen LogP contribution in [0.3, 0.4) is 0 Å². The molecule has 0 aliphatic carbocycles. The number of hydrogen-bond donors (Lipinski definition) is 0. The van der Waals surface area contributed by atoms with Crippen LogP contribution in [0.25, 0.3) is 0 Å². The summed E-state index contributed by atoms with van der Waals surface area (Å²) in [7, 11) is 6.49. The molecule has 1 aliphatic heterocycles. The predicted molar refractivity (Wildman–Crippen MR) is 71.3 cm³/mol. The van der Waals surface area contributed by atoms with Crippen LogP contribution in [0.4, 0.5) is 0 Å². The molecule has 0 spiro atoms. The highest BCUT2D eigenvalue weighted by Crippen LogP contribution is 2.20. The minimum absolute atomic E-state index is 0. The molecule has 0 saturated carbocycles. The van der Waals surface area contributed by atoms with Crippen molar-refractivity contribution in [3.63, 3.8) is 0 Å². The fourth-order valence-corrected chi connectivity index (χ4v) is 2.46. The van der Waals surface area contributed by atoms with Crippen molar-refractivity contribution in [1.29, 1.82) is 0 Å². The second-order valence-electron chi connectivity index (χ2n) is 4.84. The average Bonchev–Trinajstić information content (AvgIpc) is 2.68. The van der Waals surface area contributed by atoms with E-state index < -0.39 is 0 Å². The van der Waals surface area contributed by atoms with Gasteiger partial charge in [0.2, 0.25) is 0 Å². The second kappa shape index (κ2) is 6.41. The van der Waals surface area contributed by atoms with Crippen molar-refractivity contribution in [3.8, 4) is 0 Å². The largest absolute Gasteiger partial charge is 1.00 e. The van der Waals surface area contributed by atoms with Crippen LogP contribution in [0.5, 0.6) is 0 Å². The summed E-state index contributed by atoms with van der Waals surface area (Å²) in [5, 5.41) is 0. The monoisotopic (exact) mass is 359 g/mol. The van der Waals surface area contributed by atoms with Crippen molar-refractivity contribution in [2.24, 2.45) is 0 Å². The Morgan fingerprint density at radius 3 is 2.39 bits per heavy atom. The van der Waals surface area contributed by atoms with Crippen molar-refractivity contribution in [2.75, 3.05) is 34.2 Å². The molecule has 100 valence electrons. The molecule has 1 aromatic carbocycles. The lowest BCUT2D eigenvalue weighted by atomic mass is 10.1. The van der Waals surface area contributed by atoms with Crippen LogP contribution in [-0.2, 0) is 0 Å². The SMILES string of the molecule is C[C@@H](c1ccccc1)N(C)C1=[N+](C)CCN1C.[I-]. The predicted octanol–water partition coefficient (Wildman–Crippen LogP) is -1.37. The molecule has 0 amide bonds. The van der Waals surface area contributed by atoms with Crippen molar-refractivity contribution in [3.05, 3.63) is 35.9 Å². The van der Waals surface area contributed by atoms with Gasteiger partial charge < -0.3 is 24.0 Å². The Kier molecular flexibility index (Phi) is 5.44. The first-order valence-electron chi connectivity index (χ1n) is 6.18. The number of benzene rings is 1. The Morgan fingerprint density at radius 2 is 1.89 bits per heavy atom. The third-order valence-corrected chi connectivity index (χ3v) is 3.63. The van der Waals surface area contributed by atoms with Crippen LogP contribution in [0.15, 0.2) is 30.3 Å². The van der Waals surface area contributed by atoms with E-state index in [0.717, 1.165) is 13.1 Å². The Balaban J connectivity index is 0.00000162. The van der Waals surface area contributed by atoms with Gasteiger partial charge in [-0.05, 0) is 12.5 Å². The number of halogens is 1. The normalized spacial score (nSPS) is 16.6. The third kappa shape index (κ3) is 2.96. The van der Waals surface area contributed by atoms with Gasteiger partial charge in [0.05, 0.1) is 40.3 Å². The molecular formula is C14H22IN3. The summed E-state index contributed by atoms with van der Waals surface area (Å²) < 4.78 is 2.32. The van der Waals surface area contributed by atoms with Crippen molar-refractivity contribution < 1.29 is 28.6 Å². The van der Waals surface area contributed by atoms with Crippen LogP contribution in [0.2, 0.25) is 0 Å². The van der Waals surface area contributed by atoms with E-state index in [9.17, 15) is 0 Å². The standard InChI is InChI=1S/C14H22N3.HI/c1-12(13-8-6-5-7-9-13)17(4)14-15(2)10-11-16(14)3;/h5-9,12H,10-11H2,1-4H3;1H/q+1;/p-1/t12-;/m0./s1. The molecule has 0 bridgehead atoms. The molecule has 18 heavy (non-hydrogen) atoms. The molecule has 1 aromatic rings. The molecule has 0 saturated heterocycles. The summed E-state index contributed by atoms with van der Waals surface area (Å²) >= 11 is 0. The number of nitrogens with zero attached hydrogens (tertiary/aromatic N) is 3. The zero-order chi connectivity index (χ0) is 12.4. The van der Waals surface area contributed by atoms with E-state index in [1.807, 2.05) is 0 Å². The van der Waals surface area contributed by atoms with Crippen LogP contribution in [-0.4, -0.2) is 54.6 Å². The maximum absolute atomic E-state index is 2.35. The summed E-state index contributed by atoms with van der Waals surface area (Å²) in [6.45, 7) is 4.47. The maximum Gasteiger partial charge on any atom is 0.350 e. The van der Waals surface area contributed by atoms with Gasteiger partial charge in [-0.25, -0.2) is 0 Å². The maximum atomic E-state index is 2.35. The average molecular weight is 359 g/mol. The van der Waals surface area contributed by atoms with E-state index in [0.29, 0.717) is 6.04 Å². The fraction of sp³-hybridized carbons (Fsp3) is 0.500. The quantitative estimate of drug-likeness (QED) is 0.476. The number of guanidine groups is 1. The first kappa shape index (κ1) is 15.3. The summed E-state index contributed by atoms with van der Waals surface area (Å²) in [5.74, 6) is 1.31. The fourth-order valence-electron chi connectivity index (χ4n) is 2.46. The number of likely N-dealkylation sites (N-methyl/N-ethyl adjacent to an activating group) is 2. The van der Waals surface area contributed by atoms with E-state index in [2.05, 4.69) is 72.8 Å². The van der Waals surface area contributed by atoms with Gasteiger partial charge in [0, 0.05) is 0 Å². The van der Waals surface area contributed by atoms with Crippen molar-refractivity contribution in [1.82, 2.24) is 9.80 Å². The van der Waals surface area contributed by atoms with Gasteiger partial charge in [-0.3, -0.25) is 14.4 Å². The van der Waals surface area contributed by atoms with E-state index in [1.54, 1.807) is 0 Å². The Morgan fingerprint density at radius 1 is 1.28 bits per heavy atom. The van der Waals surface area contributed by atoms with Crippen molar-refractivity contribution in [2.45, 2.75) is 13.0 Å². The summed E-state index contributed by atoms with van der Waals surface area (Å²) in [6.07, 6.45) is 0. The summed E-state index contributed by atoms with van der Waals surface area (Å²) in [5.41, 5.74) is 1.36. The minimum Gasteiger partial charge on any atom is -1.00 e. The molecule has 0 radical (unpaired) electrons. The van der Waals surface area contributed by atoms with Gasteiger partial charge in [0.1, 0.15) is 0 Å². The zero-order valence-electron chi connectivity index (χ0n) is 11.6. The second-order valence-corrected chi connectivity index (χ2v) is 4.84. The molecule has 1 aliphatic rings. The highest BCUT2D eigenvalue weighted by atomic mass is 127. The highest BCUT2D eigenvalue weighted by Gasteiger charge is 2.31. The van der Waals surface area contributed by atoms with E-state index in [4.69, 9.17) is 0 Å². The van der Waals surface area contributed by atoms with Crippen molar-refractivity contribution >= 4 is 5.96 Å². The lowest BCUT2D eigenvalue weighted by molar-refractivity contribution is -0.491. The summed E-state index contributed by atoms with van der Waals surface area (Å²) in [6, 6.07) is 11.1. The van der Waals surface area contributed by atoms with Gasteiger partial charge in [-0.15, -0.1) is 0 Å². The van der Waals surface area contributed by atoms with Crippen LogP contribution in [0, 0.1) is 0 Å². The lowest BCUT2D eigenvalue weighted by Crippen LogP contribution is -3.00. The van der Waals surface area contributed by atoms with Gasteiger partial charge in [-0.1, -0.05) is 30.3 Å². The highest BCUT2D eigenvalue weighted by molar-refractivity contribution is 5.76. The molecule has 2 rings (SSSR count). The molecule has 0 fully saturated rings. The molecule has 0 aromatic heterocycles. The van der Waals surface area contributed by atoms with Gasteiger partial charge in [-0.2, -0.15) is 0 Å². The Hall–Kier alpha value is -0.780. The Bertz CT molecular complexity index is 416.